The number of rotatable bonds is 2. The first-order valence-corrected chi connectivity index (χ1v) is 7.59. The van der Waals surface area contributed by atoms with Crippen LogP contribution in [0.5, 0.6) is 0 Å². The van der Waals surface area contributed by atoms with E-state index in [0.717, 1.165) is 9.79 Å². The van der Waals surface area contributed by atoms with E-state index in [1.54, 1.807) is 12.1 Å². The molecular weight excluding hydrogens is 306 g/mol. The highest BCUT2D eigenvalue weighted by atomic mass is 35.5. The zero-order valence-electron chi connectivity index (χ0n) is 11.5. The van der Waals surface area contributed by atoms with Crippen molar-refractivity contribution in [2.45, 2.75) is 23.6 Å². The Labute approximate surface area is 131 Å². The van der Waals surface area contributed by atoms with E-state index < -0.39 is 11.7 Å². The van der Waals surface area contributed by atoms with E-state index in [0.29, 0.717) is 16.3 Å². The number of anilines is 1. The molecule has 5 heteroatoms. The molecule has 0 aromatic heterocycles. The van der Waals surface area contributed by atoms with Crippen LogP contribution in [-0.4, -0.2) is 11.7 Å². The highest BCUT2D eigenvalue weighted by molar-refractivity contribution is 7.99. The minimum absolute atomic E-state index is 0.342. The Balaban J connectivity index is 1.97. The third-order valence-electron chi connectivity index (χ3n) is 3.48. The predicted molar refractivity (Wildman–Crippen MR) is 84.5 cm³/mol. The second kappa shape index (κ2) is 5.20. The fourth-order valence-corrected chi connectivity index (χ4v) is 3.37. The third kappa shape index (κ3) is 2.57. The molecular formula is C16H12ClNO2S. The van der Waals surface area contributed by atoms with Crippen molar-refractivity contribution in [3.8, 4) is 0 Å². The molecule has 0 radical (unpaired) electrons. The molecule has 0 spiro atoms. The van der Waals surface area contributed by atoms with Crippen LogP contribution >= 0.6 is 23.4 Å². The minimum Gasteiger partial charge on any atom is -0.318 e. The first kappa shape index (κ1) is 14.2. The zero-order chi connectivity index (χ0) is 15.1. The fraction of sp³-hybridized carbons (Fsp3) is 0.125. The first-order valence-electron chi connectivity index (χ1n) is 6.40. The summed E-state index contributed by atoms with van der Waals surface area (Å²) in [5, 5.41) is 3.03. The number of ketones is 1. The fourth-order valence-electron chi connectivity index (χ4n) is 2.13. The van der Waals surface area contributed by atoms with Crippen molar-refractivity contribution >= 4 is 40.7 Å². The maximum atomic E-state index is 11.6. The van der Waals surface area contributed by atoms with Crippen molar-refractivity contribution in [1.82, 2.24) is 0 Å². The summed E-state index contributed by atoms with van der Waals surface area (Å²) in [6.45, 7) is 4.12. The molecule has 0 unspecified atom stereocenters. The minimum atomic E-state index is -0.602. The summed E-state index contributed by atoms with van der Waals surface area (Å²) in [6, 6.07) is 9.48. The van der Waals surface area contributed by atoms with Gasteiger partial charge in [-0.2, -0.15) is 0 Å². The Morgan fingerprint density at radius 2 is 1.81 bits per heavy atom. The van der Waals surface area contributed by atoms with Gasteiger partial charge in [-0.25, -0.2) is 0 Å². The number of carbonyl (C=O) groups is 2. The molecule has 1 aliphatic rings. The molecule has 1 heterocycles. The van der Waals surface area contributed by atoms with Crippen LogP contribution < -0.4 is 5.32 Å². The number of aryl methyl sites for hydroxylation is 2. The van der Waals surface area contributed by atoms with E-state index in [9.17, 15) is 9.59 Å². The number of carbonyl (C=O) groups excluding carboxylic acids is 2. The number of halogens is 1. The molecule has 3 rings (SSSR count). The van der Waals surface area contributed by atoms with Crippen LogP contribution in [0.15, 0.2) is 40.1 Å². The topological polar surface area (TPSA) is 46.2 Å². The smallest absolute Gasteiger partial charge is 0.296 e. The van der Waals surface area contributed by atoms with Gasteiger partial charge in [-0.1, -0.05) is 29.4 Å². The standard InChI is InChI=1S/C16H12ClNO2S/c1-8-3-4-10(5-9(8)2)21-14-7-13-11(6-12(14)17)15(19)16(20)18-13/h3-7H,1-2H3,(H,18,19,20). The molecule has 106 valence electrons. The average molecular weight is 318 g/mol. The van der Waals surface area contributed by atoms with Crippen LogP contribution in [0.3, 0.4) is 0 Å². The van der Waals surface area contributed by atoms with Gasteiger partial charge < -0.3 is 5.32 Å². The van der Waals surface area contributed by atoms with Crippen LogP contribution in [0.2, 0.25) is 5.02 Å². The van der Waals surface area contributed by atoms with Crippen LogP contribution in [0.25, 0.3) is 0 Å². The van der Waals surface area contributed by atoms with Crippen LogP contribution in [0, 0.1) is 13.8 Å². The lowest BCUT2D eigenvalue weighted by Gasteiger charge is -2.08. The summed E-state index contributed by atoms with van der Waals surface area (Å²) in [6.07, 6.45) is 0. The van der Waals surface area contributed by atoms with E-state index >= 15 is 0 Å². The third-order valence-corrected chi connectivity index (χ3v) is 4.95. The van der Waals surface area contributed by atoms with Gasteiger partial charge in [0.25, 0.3) is 11.7 Å². The largest absolute Gasteiger partial charge is 0.318 e. The Kier molecular flexibility index (Phi) is 3.51. The maximum absolute atomic E-state index is 11.6. The van der Waals surface area contributed by atoms with Crippen LogP contribution in [0.4, 0.5) is 5.69 Å². The summed E-state index contributed by atoms with van der Waals surface area (Å²) >= 11 is 7.74. The summed E-state index contributed by atoms with van der Waals surface area (Å²) in [7, 11) is 0. The van der Waals surface area contributed by atoms with Gasteiger partial charge in [0.2, 0.25) is 0 Å². The van der Waals surface area contributed by atoms with Gasteiger partial charge in [0, 0.05) is 9.79 Å². The molecule has 0 aliphatic carbocycles. The Morgan fingerprint density at radius 1 is 1.05 bits per heavy atom. The quantitative estimate of drug-likeness (QED) is 0.843. The van der Waals surface area contributed by atoms with Gasteiger partial charge in [0.05, 0.1) is 16.3 Å². The van der Waals surface area contributed by atoms with Crippen molar-refractivity contribution in [2.24, 2.45) is 0 Å². The number of benzene rings is 2. The van der Waals surface area contributed by atoms with Gasteiger partial charge >= 0.3 is 0 Å². The molecule has 21 heavy (non-hydrogen) atoms. The number of hydrogen-bond acceptors (Lipinski definition) is 3. The van der Waals surface area contributed by atoms with Gasteiger partial charge in [-0.15, -0.1) is 0 Å². The van der Waals surface area contributed by atoms with Gasteiger partial charge in [0.1, 0.15) is 0 Å². The zero-order valence-corrected chi connectivity index (χ0v) is 13.1. The number of hydrogen-bond donors (Lipinski definition) is 1. The molecule has 2 aromatic carbocycles. The van der Waals surface area contributed by atoms with E-state index in [1.807, 2.05) is 6.07 Å². The van der Waals surface area contributed by atoms with Crippen molar-refractivity contribution in [3.63, 3.8) is 0 Å². The van der Waals surface area contributed by atoms with E-state index in [4.69, 9.17) is 11.6 Å². The molecule has 0 bridgehead atoms. The van der Waals surface area contributed by atoms with E-state index in [1.165, 1.54) is 22.9 Å². The van der Waals surface area contributed by atoms with Crippen LogP contribution in [-0.2, 0) is 4.79 Å². The van der Waals surface area contributed by atoms with Gasteiger partial charge in [-0.05, 0) is 49.2 Å². The molecule has 1 amide bonds. The normalized spacial score (nSPS) is 13.3. The van der Waals surface area contributed by atoms with Crippen molar-refractivity contribution < 1.29 is 9.59 Å². The lowest BCUT2D eigenvalue weighted by molar-refractivity contribution is -0.112. The molecule has 3 nitrogen and oxygen atoms in total. The number of Topliss-reactive ketones (excluding diaryl/α,β-unsaturated/α-hetero) is 1. The highest BCUT2D eigenvalue weighted by Crippen LogP contribution is 2.38. The molecule has 1 aliphatic heterocycles. The monoisotopic (exact) mass is 317 g/mol. The number of amides is 1. The molecule has 1 N–H and O–H groups in total. The lowest BCUT2D eigenvalue weighted by Crippen LogP contribution is -2.12. The molecule has 2 aromatic rings. The highest BCUT2D eigenvalue weighted by Gasteiger charge is 2.29. The molecule has 0 saturated carbocycles. The Hall–Kier alpha value is -1.78. The Morgan fingerprint density at radius 3 is 2.52 bits per heavy atom. The number of fused-ring (bicyclic) bond motifs is 1. The SMILES string of the molecule is Cc1ccc(Sc2cc3c(cc2Cl)C(=O)C(=O)N3)cc1C. The second-order valence-electron chi connectivity index (χ2n) is 4.96. The van der Waals surface area contributed by atoms with Gasteiger partial charge in [0.15, 0.2) is 0 Å². The van der Waals surface area contributed by atoms with Crippen molar-refractivity contribution in [3.05, 3.63) is 52.0 Å². The summed E-state index contributed by atoms with van der Waals surface area (Å²) in [4.78, 5) is 24.9. The maximum Gasteiger partial charge on any atom is 0.296 e. The van der Waals surface area contributed by atoms with Crippen LogP contribution in [0.1, 0.15) is 21.5 Å². The predicted octanol–water partition coefficient (Wildman–Crippen LogP) is 4.24. The summed E-state index contributed by atoms with van der Waals surface area (Å²) in [5.41, 5.74) is 3.31. The molecule has 0 atom stereocenters. The van der Waals surface area contributed by atoms with Crippen molar-refractivity contribution in [1.29, 1.82) is 0 Å². The second-order valence-corrected chi connectivity index (χ2v) is 6.48. The first-order chi connectivity index (χ1) is 9.95. The molecule has 0 fully saturated rings. The summed E-state index contributed by atoms with van der Waals surface area (Å²) < 4.78 is 0. The van der Waals surface area contributed by atoms with E-state index in [-0.39, 0.29) is 0 Å². The van der Waals surface area contributed by atoms with Crippen molar-refractivity contribution in [2.75, 3.05) is 5.32 Å². The number of nitrogens with one attached hydrogen (secondary N) is 1. The lowest BCUT2D eigenvalue weighted by atomic mass is 10.1. The van der Waals surface area contributed by atoms with Gasteiger partial charge in [-0.3, -0.25) is 9.59 Å². The molecule has 0 saturated heterocycles. The van der Waals surface area contributed by atoms with E-state index in [2.05, 4.69) is 31.3 Å². The Bertz CT molecular complexity index is 786. The average Bonchev–Trinajstić information content (AvgIpc) is 2.70. The summed E-state index contributed by atoms with van der Waals surface area (Å²) in [5.74, 6) is -1.14.